The van der Waals surface area contributed by atoms with Gasteiger partial charge in [0.15, 0.2) is 6.61 Å². The van der Waals surface area contributed by atoms with Crippen LogP contribution in [0.3, 0.4) is 0 Å². The van der Waals surface area contributed by atoms with E-state index in [0.29, 0.717) is 66.7 Å². The second-order valence-electron chi connectivity index (χ2n) is 18.8. The molecule has 5 aromatic rings. The standard InChI is InChI=1S/C49H50N10O9/c1-27-23-55(41(62)26-68-38-7-5-6-32-42(38)48(67)59(45(32)64)35-9-11-40(61)53-44(35)63)14-15-56(27)30-8-10-39(51-22-30)52-34-18-29(24-54(4)46(34)65)31-12-13-50-43(33(31)25-60)58-17-16-57-36(47(58)66)19-28-20-49(2,3)21-37(28)57/h5-8,10,12-13,18-19,22,24,27,35,60H,9,11,14-17,20-21,23,25-26H2,1-4H3,(H,51,52)(H,53,61,63). The minimum absolute atomic E-state index is 0.00429. The number of aromatic nitrogens is 4. The third-order valence-electron chi connectivity index (χ3n) is 13.7. The number of anilines is 4. The first kappa shape index (κ1) is 44.2. The Morgan fingerprint density at radius 2 is 1.76 bits per heavy atom. The van der Waals surface area contributed by atoms with E-state index in [1.165, 1.54) is 28.0 Å². The lowest BCUT2D eigenvalue weighted by molar-refractivity contribution is -0.136. The number of amides is 6. The summed E-state index contributed by atoms with van der Waals surface area (Å²) in [6.07, 6.45) is 6.85. The van der Waals surface area contributed by atoms with Crippen molar-refractivity contribution in [3.8, 4) is 16.9 Å². The van der Waals surface area contributed by atoms with Gasteiger partial charge in [0.25, 0.3) is 29.2 Å². The molecule has 6 amide bonds. The van der Waals surface area contributed by atoms with Crippen molar-refractivity contribution < 1.29 is 38.6 Å². The number of aliphatic hydroxyl groups is 1. The quantitative estimate of drug-likeness (QED) is 0.172. The maximum absolute atomic E-state index is 14.0. The number of aliphatic hydroxyl groups excluding tert-OH is 1. The molecule has 2 unspecified atom stereocenters. The molecule has 2 saturated heterocycles. The van der Waals surface area contributed by atoms with E-state index in [1.54, 1.807) is 59.7 Å². The molecule has 0 radical (unpaired) electrons. The number of carbonyl (C=O) groups excluding carboxylic acids is 6. The lowest BCUT2D eigenvalue weighted by Crippen LogP contribution is -2.54. The zero-order chi connectivity index (χ0) is 47.8. The van der Waals surface area contributed by atoms with Crippen LogP contribution in [-0.4, -0.2) is 114 Å². The molecule has 0 spiro atoms. The molecule has 5 aliphatic rings. The van der Waals surface area contributed by atoms with Gasteiger partial charge in [-0.05, 0) is 85.2 Å². The monoisotopic (exact) mass is 922 g/mol. The SMILES string of the molecule is CC1CN(C(=O)COc2cccc3c2C(=O)N(C2CCC(=O)NC2=O)C3=O)CCN1c1ccc(Nc2cc(-c3ccnc(N4CCn5c(cc6c5CC(C)(C)C6)C4=O)c3CO)cn(C)c2=O)nc1. The second-order valence-corrected chi connectivity index (χ2v) is 18.8. The van der Waals surface area contributed by atoms with Crippen LogP contribution in [0.25, 0.3) is 11.1 Å². The fraction of sp³-hybridized carbons (Fsp3) is 0.367. The van der Waals surface area contributed by atoms with Gasteiger partial charge >= 0.3 is 0 Å². The topological polar surface area (TPSA) is 222 Å². The number of carbonyl (C=O) groups is 6. The van der Waals surface area contributed by atoms with Crippen LogP contribution in [-0.2, 0) is 47.4 Å². The number of imide groups is 2. The van der Waals surface area contributed by atoms with Crippen LogP contribution >= 0.6 is 0 Å². The Hall–Kier alpha value is -7.67. The van der Waals surface area contributed by atoms with Crippen molar-refractivity contribution in [3.05, 3.63) is 111 Å². The molecule has 0 bridgehead atoms. The highest BCUT2D eigenvalue weighted by Crippen LogP contribution is 2.41. The van der Waals surface area contributed by atoms with Crippen LogP contribution < -0.4 is 30.7 Å². The molecule has 8 heterocycles. The Morgan fingerprint density at radius 1 is 0.941 bits per heavy atom. The van der Waals surface area contributed by atoms with Gasteiger partial charge in [-0.25, -0.2) is 9.97 Å². The van der Waals surface area contributed by atoms with Gasteiger partial charge in [-0.1, -0.05) is 19.9 Å². The molecule has 68 heavy (non-hydrogen) atoms. The van der Waals surface area contributed by atoms with Crippen molar-refractivity contribution in [1.29, 1.82) is 0 Å². The van der Waals surface area contributed by atoms with Crippen molar-refractivity contribution in [2.24, 2.45) is 12.5 Å². The Bertz CT molecular complexity index is 3030. The van der Waals surface area contributed by atoms with Crippen molar-refractivity contribution in [2.45, 2.75) is 71.7 Å². The number of aryl methyl sites for hydroxylation is 1. The molecule has 1 aromatic carbocycles. The van der Waals surface area contributed by atoms with Crippen LogP contribution in [0.15, 0.2) is 71.9 Å². The summed E-state index contributed by atoms with van der Waals surface area (Å²) in [7, 11) is 1.64. The first-order valence-electron chi connectivity index (χ1n) is 22.7. The fourth-order valence-corrected chi connectivity index (χ4v) is 10.4. The number of nitrogens with zero attached hydrogens (tertiary/aromatic N) is 8. The molecule has 4 aliphatic heterocycles. The van der Waals surface area contributed by atoms with Crippen molar-refractivity contribution in [3.63, 3.8) is 0 Å². The minimum Gasteiger partial charge on any atom is -0.483 e. The van der Waals surface area contributed by atoms with E-state index < -0.39 is 29.7 Å². The zero-order valence-electron chi connectivity index (χ0n) is 38.1. The summed E-state index contributed by atoms with van der Waals surface area (Å²) < 4.78 is 9.45. The molecule has 19 heteroatoms. The molecule has 350 valence electrons. The van der Waals surface area contributed by atoms with Crippen LogP contribution in [0, 0.1) is 5.41 Å². The molecule has 19 nitrogen and oxygen atoms in total. The van der Waals surface area contributed by atoms with E-state index >= 15 is 0 Å². The number of piperazine rings is 1. The van der Waals surface area contributed by atoms with Gasteiger partial charge in [-0.15, -0.1) is 0 Å². The van der Waals surface area contributed by atoms with Crippen molar-refractivity contribution in [2.75, 3.05) is 47.9 Å². The number of rotatable bonds is 10. The van der Waals surface area contributed by atoms with Gasteiger partial charge in [-0.3, -0.25) is 48.7 Å². The van der Waals surface area contributed by atoms with Gasteiger partial charge < -0.3 is 34.1 Å². The van der Waals surface area contributed by atoms with Crippen LogP contribution in [0.2, 0.25) is 0 Å². The number of hydrogen-bond donors (Lipinski definition) is 3. The average molecular weight is 923 g/mol. The minimum atomic E-state index is -1.13. The molecule has 0 saturated carbocycles. The predicted octanol–water partition coefficient (Wildman–Crippen LogP) is 3.18. The normalized spacial score (nSPS) is 19.8. The third kappa shape index (κ3) is 7.65. The largest absolute Gasteiger partial charge is 0.483 e. The summed E-state index contributed by atoms with van der Waals surface area (Å²) in [6.45, 7) is 7.94. The first-order valence-corrected chi connectivity index (χ1v) is 22.7. The third-order valence-corrected chi connectivity index (χ3v) is 13.7. The lowest BCUT2D eigenvalue weighted by atomic mass is 9.90. The van der Waals surface area contributed by atoms with Gasteiger partial charge in [0.1, 0.15) is 34.8 Å². The van der Waals surface area contributed by atoms with Gasteiger partial charge in [0.2, 0.25) is 11.8 Å². The fourth-order valence-electron chi connectivity index (χ4n) is 10.4. The number of benzene rings is 1. The van der Waals surface area contributed by atoms with Crippen LogP contribution in [0.1, 0.15) is 81.6 Å². The van der Waals surface area contributed by atoms with Crippen LogP contribution in [0.5, 0.6) is 5.75 Å². The Morgan fingerprint density at radius 3 is 2.51 bits per heavy atom. The average Bonchev–Trinajstić information content (AvgIpc) is 3.91. The van der Waals surface area contributed by atoms with Gasteiger partial charge in [0, 0.05) is 81.4 Å². The predicted molar refractivity (Wildman–Crippen MR) is 248 cm³/mol. The van der Waals surface area contributed by atoms with E-state index in [4.69, 9.17) is 4.74 Å². The highest BCUT2D eigenvalue weighted by Gasteiger charge is 2.46. The number of hydrogen-bond acceptors (Lipinski definition) is 13. The first-order chi connectivity index (χ1) is 32.6. The van der Waals surface area contributed by atoms with E-state index in [2.05, 4.69) is 43.9 Å². The summed E-state index contributed by atoms with van der Waals surface area (Å²) in [4.78, 5) is 107. The van der Waals surface area contributed by atoms with Gasteiger partial charge in [-0.2, -0.15) is 0 Å². The van der Waals surface area contributed by atoms with E-state index in [-0.39, 0.29) is 77.4 Å². The number of piperidine rings is 1. The molecule has 1 aliphatic carbocycles. The van der Waals surface area contributed by atoms with E-state index in [0.717, 1.165) is 23.4 Å². The number of nitrogens with one attached hydrogen (secondary N) is 2. The molecule has 4 aromatic heterocycles. The highest BCUT2D eigenvalue weighted by atomic mass is 16.5. The summed E-state index contributed by atoms with van der Waals surface area (Å²) in [6, 6.07) is 12.4. The van der Waals surface area contributed by atoms with Crippen molar-refractivity contribution in [1.82, 2.24) is 34.2 Å². The maximum Gasteiger partial charge on any atom is 0.276 e. The number of pyridine rings is 3. The zero-order valence-corrected chi connectivity index (χ0v) is 38.1. The molecular formula is C49H50N10O9. The number of fused-ring (bicyclic) bond motifs is 4. The Labute approximate surface area is 390 Å². The lowest BCUT2D eigenvalue weighted by Gasteiger charge is -2.41. The second kappa shape index (κ2) is 16.9. The maximum atomic E-state index is 14.0. The summed E-state index contributed by atoms with van der Waals surface area (Å²) in [5, 5.41) is 16.1. The summed E-state index contributed by atoms with van der Waals surface area (Å²) in [5.41, 5.74) is 5.75. The van der Waals surface area contributed by atoms with E-state index in [1.807, 2.05) is 19.1 Å². The molecule has 10 rings (SSSR count). The van der Waals surface area contributed by atoms with Gasteiger partial charge in [0.05, 0.1) is 29.6 Å². The summed E-state index contributed by atoms with van der Waals surface area (Å²) >= 11 is 0. The smallest absolute Gasteiger partial charge is 0.276 e. The Kier molecular flexibility index (Phi) is 11.0. The van der Waals surface area contributed by atoms with Crippen molar-refractivity contribution >= 4 is 58.5 Å². The molecular weight excluding hydrogens is 873 g/mol. The molecule has 3 N–H and O–H groups in total. The van der Waals surface area contributed by atoms with E-state index in [9.17, 15) is 38.7 Å². The number of ether oxygens (including phenoxy) is 1. The molecule has 2 fully saturated rings. The van der Waals surface area contributed by atoms with Crippen LogP contribution in [0.4, 0.5) is 23.0 Å². The summed E-state index contributed by atoms with van der Waals surface area (Å²) in [5.74, 6) is -2.20. The highest BCUT2D eigenvalue weighted by molar-refractivity contribution is 6.24. The molecule has 2 atom stereocenters. The Balaban J connectivity index is 0.785.